The predicted octanol–water partition coefficient (Wildman–Crippen LogP) is 1.71. The van der Waals surface area contributed by atoms with E-state index < -0.39 is 29.2 Å². The van der Waals surface area contributed by atoms with Crippen molar-refractivity contribution in [3.8, 4) is 0 Å². The number of aliphatic hydroxyl groups excluding tert-OH is 1. The highest BCUT2D eigenvalue weighted by Gasteiger charge is 2.66. The lowest BCUT2D eigenvalue weighted by Crippen LogP contribution is -2.68. The van der Waals surface area contributed by atoms with Gasteiger partial charge in [0.2, 0.25) is 0 Å². The molecule has 6 nitrogen and oxygen atoms in total. The van der Waals surface area contributed by atoms with Gasteiger partial charge in [-0.25, -0.2) is 0 Å². The molecule has 10 atom stereocenters. The fraction of sp³-hybridized carbons (Fsp3) is 0.905. The topological polar surface area (TPSA) is 93.1 Å². The summed E-state index contributed by atoms with van der Waals surface area (Å²) in [5.74, 6) is -0.905. The van der Waals surface area contributed by atoms with Crippen LogP contribution in [0, 0.1) is 35.0 Å². The highest BCUT2D eigenvalue weighted by Crippen LogP contribution is 2.59. The van der Waals surface area contributed by atoms with E-state index in [0.717, 1.165) is 6.42 Å². The fourth-order valence-electron chi connectivity index (χ4n) is 6.60. The Morgan fingerprint density at radius 1 is 1.33 bits per heavy atom. The highest BCUT2D eigenvalue weighted by molar-refractivity contribution is 5.91. The molecule has 152 valence electrons. The molecule has 2 unspecified atom stereocenters. The molecular formula is C21H32O6. The second-order valence-electron chi connectivity index (χ2n) is 9.76. The molecule has 4 aliphatic rings. The third-order valence-corrected chi connectivity index (χ3v) is 8.54. The fourth-order valence-corrected chi connectivity index (χ4v) is 6.60. The van der Waals surface area contributed by atoms with Gasteiger partial charge in [-0.2, -0.15) is 0 Å². The van der Waals surface area contributed by atoms with Crippen LogP contribution in [0.2, 0.25) is 0 Å². The summed E-state index contributed by atoms with van der Waals surface area (Å²) in [6.07, 6.45) is 0.566. The molecular weight excluding hydrogens is 348 g/mol. The number of hydrogen-bond acceptors (Lipinski definition) is 6. The SMILES string of the molecule is CC(=O)O[C@H]1C(=O)[C@@]2(C)[C@H](C[C@]3(O)CCC(C)C1[C@H]3C)[C@@H]1CO[C@@H]1C[C@@H]2O. The lowest BCUT2D eigenvalue weighted by Gasteiger charge is -2.61. The zero-order chi connectivity index (χ0) is 19.7. The molecule has 0 aromatic rings. The number of aliphatic hydroxyl groups is 2. The van der Waals surface area contributed by atoms with Gasteiger partial charge in [-0.1, -0.05) is 13.8 Å². The Balaban J connectivity index is 1.83. The number of carbonyl (C=O) groups excluding carboxylic acids is 2. The first kappa shape index (κ1) is 19.3. The molecule has 27 heavy (non-hydrogen) atoms. The number of fused-ring (bicyclic) bond motifs is 5. The summed E-state index contributed by atoms with van der Waals surface area (Å²) in [5.41, 5.74) is -1.95. The zero-order valence-corrected chi connectivity index (χ0v) is 16.7. The lowest BCUT2D eigenvalue weighted by molar-refractivity contribution is -0.249. The molecule has 0 spiro atoms. The molecule has 1 heterocycles. The summed E-state index contributed by atoms with van der Waals surface area (Å²) in [4.78, 5) is 25.7. The predicted molar refractivity (Wildman–Crippen MR) is 96.6 cm³/mol. The van der Waals surface area contributed by atoms with E-state index in [1.165, 1.54) is 6.92 Å². The van der Waals surface area contributed by atoms with Crippen molar-refractivity contribution in [3.05, 3.63) is 0 Å². The first-order chi connectivity index (χ1) is 12.6. The molecule has 1 aliphatic heterocycles. The van der Waals surface area contributed by atoms with Crippen molar-refractivity contribution in [2.45, 2.75) is 77.3 Å². The Labute approximate surface area is 160 Å². The van der Waals surface area contributed by atoms with E-state index in [0.29, 0.717) is 25.9 Å². The van der Waals surface area contributed by atoms with Gasteiger partial charge in [-0.15, -0.1) is 0 Å². The minimum absolute atomic E-state index is 0.0466. The van der Waals surface area contributed by atoms with Crippen LogP contribution in [0.1, 0.15) is 53.4 Å². The lowest BCUT2D eigenvalue weighted by atomic mass is 9.48. The van der Waals surface area contributed by atoms with E-state index in [9.17, 15) is 19.8 Å². The number of rotatable bonds is 1. The molecule has 4 rings (SSSR count). The van der Waals surface area contributed by atoms with E-state index in [4.69, 9.17) is 9.47 Å². The normalized spacial score (nSPS) is 54.7. The van der Waals surface area contributed by atoms with Gasteiger partial charge < -0.3 is 19.7 Å². The van der Waals surface area contributed by atoms with Crippen molar-refractivity contribution >= 4 is 11.8 Å². The number of esters is 1. The summed E-state index contributed by atoms with van der Waals surface area (Å²) in [7, 11) is 0. The number of carbonyl (C=O) groups is 2. The van der Waals surface area contributed by atoms with Gasteiger partial charge in [0.15, 0.2) is 11.9 Å². The Kier molecular flexibility index (Phi) is 4.48. The zero-order valence-electron chi connectivity index (χ0n) is 16.7. The Morgan fingerprint density at radius 3 is 2.63 bits per heavy atom. The summed E-state index contributed by atoms with van der Waals surface area (Å²) < 4.78 is 11.3. The van der Waals surface area contributed by atoms with E-state index >= 15 is 0 Å². The monoisotopic (exact) mass is 380 g/mol. The van der Waals surface area contributed by atoms with Crippen LogP contribution in [0.15, 0.2) is 0 Å². The maximum absolute atomic E-state index is 13.8. The Hall–Kier alpha value is -0.980. The molecule has 4 fully saturated rings. The van der Waals surface area contributed by atoms with E-state index in [1.807, 2.05) is 13.8 Å². The molecule has 6 heteroatoms. The molecule has 3 aliphatic carbocycles. The maximum Gasteiger partial charge on any atom is 0.303 e. The van der Waals surface area contributed by atoms with Crippen molar-refractivity contribution < 1.29 is 29.3 Å². The summed E-state index contributed by atoms with van der Waals surface area (Å²) in [6.45, 7) is 7.76. The minimum Gasteiger partial charge on any atom is -0.454 e. The van der Waals surface area contributed by atoms with Crippen LogP contribution in [0.3, 0.4) is 0 Å². The largest absolute Gasteiger partial charge is 0.454 e. The van der Waals surface area contributed by atoms with Gasteiger partial charge in [0.05, 0.1) is 29.8 Å². The maximum atomic E-state index is 13.8. The molecule has 0 aromatic heterocycles. The number of ether oxygens (including phenoxy) is 2. The first-order valence-corrected chi connectivity index (χ1v) is 10.3. The van der Waals surface area contributed by atoms with Crippen LogP contribution in [-0.2, 0) is 19.1 Å². The summed E-state index contributed by atoms with van der Waals surface area (Å²) >= 11 is 0. The smallest absolute Gasteiger partial charge is 0.303 e. The van der Waals surface area contributed by atoms with Crippen molar-refractivity contribution in [1.29, 1.82) is 0 Å². The Bertz CT molecular complexity index is 649. The molecule has 0 amide bonds. The second-order valence-corrected chi connectivity index (χ2v) is 9.76. The standard InChI is InChI=1S/C21H32O6/c1-10-5-6-21(25)8-14-13-9-26-15(13)7-16(23)20(14,4)19(24)18(27-12(3)22)17(10)11(21)2/h10-11,13-18,23,25H,5-9H2,1-4H3/t10?,11-,13+,14-,15-,16+,17?,18-,20+,21-/m1/s1. The average molecular weight is 380 g/mol. The van der Waals surface area contributed by atoms with Gasteiger partial charge in [-0.05, 0) is 43.9 Å². The first-order valence-electron chi connectivity index (χ1n) is 10.3. The molecule has 0 radical (unpaired) electrons. The molecule has 2 N–H and O–H groups in total. The average Bonchev–Trinajstić information content (AvgIpc) is 2.57. The van der Waals surface area contributed by atoms with Crippen LogP contribution < -0.4 is 0 Å². The summed E-state index contributed by atoms with van der Waals surface area (Å²) in [6, 6.07) is 0. The molecule has 1 saturated heterocycles. The number of Topliss-reactive ketones (excluding diaryl/α,β-unsaturated/α-hetero) is 1. The molecule has 2 bridgehead atoms. The van der Waals surface area contributed by atoms with Crippen LogP contribution in [0.4, 0.5) is 0 Å². The van der Waals surface area contributed by atoms with Gasteiger partial charge in [-0.3, -0.25) is 9.59 Å². The number of hydrogen-bond donors (Lipinski definition) is 2. The molecule has 3 saturated carbocycles. The Morgan fingerprint density at radius 2 is 2.04 bits per heavy atom. The quantitative estimate of drug-likeness (QED) is 0.673. The van der Waals surface area contributed by atoms with Crippen LogP contribution in [0.5, 0.6) is 0 Å². The van der Waals surface area contributed by atoms with Crippen molar-refractivity contribution in [3.63, 3.8) is 0 Å². The highest BCUT2D eigenvalue weighted by atomic mass is 16.5. The van der Waals surface area contributed by atoms with Crippen molar-refractivity contribution in [1.82, 2.24) is 0 Å². The van der Waals surface area contributed by atoms with Gasteiger partial charge in [0, 0.05) is 25.2 Å². The summed E-state index contributed by atoms with van der Waals surface area (Å²) in [5, 5.41) is 22.6. The third kappa shape index (κ3) is 2.63. The van der Waals surface area contributed by atoms with E-state index in [2.05, 4.69) is 6.92 Å². The van der Waals surface area contributed by atoms with E-state index in [-0.39, 0.29) is 41.5 Å². The van der Waals surface area contributed by atoms with Crippen LogP contribution >= 0.6 is 0 Å². The van der Waals surface area contributed by atoms with Crippen LogP contribution in [0.25, 0.3) is 0 Å². The third-order valence-electron chi connectivity index (χ3n) is 8.54. The van der Waals surface area contributed by atoms with Gasteiger partial charge >= 0.3 is 5.97 Å². The van der Waals surface area contributed by atoms with Crippen LogP contribution in [-0.4, -0.2) is 52.5 Å². The minimum atomic E-state index is -1.03. The molecule has 0 aromatic carbocycles. The van der Waals surface area contributed by atoms with Gasteiger partial charge in [0.25, 0.3) is 0 Å². The van der Waals surface area contributed by atoms with E-state index in [1.54, 1.807) is 0 Å². The number of ketones is 1. The second kappa shape index (κ2) is 6.26. The van der Waals surface area contributed by atoms with Gasteiger partial charge in [0.1, 0.15) is 0 Å². The van der Waals surface area contributed by atoms with Crippen molar-refractivity contribution in [2.75, 3.05) is 6.61 Å². The van der Waals surface area contributed by atoms with Crippen molar-refractivity contribution in [2.24, 2.45) is 35.0 Å².